The van der Waals surface area contributed by atoms with Crippen LogP contribution < -0.4 is 0 Å². The number of rotatable bonds is 65. The van der Waals surface area contributed by atoms with E-state index in [1.807, 2.05) is 0 Å². The van der Waals surface area contributed by atoms with Crippen molar-refractivity contribution in [2.45, 2.75) is 432 Å². The molecule has 0 aromatic rings. The molecule has 0 aliphatic rings. The van der Waals surface area contributed by atoms with Gasteiger partial charge in [-0.3, -0.25) is 0 Å². The summed E-state index contributed by atoms with van der Waals surface area (Å²) in [5.74, 6) is 1.88. The molecule has 421 valence electrons. The van der Waals surface area contributed by atoms with Crippen LogP contribution in [0.15, 0.2) is 0 Å². The molecule has 0 aromatic heterocycles. The molecule has 0 nitrogen and oxygen atoms in total. The van der Waals surface area contributed by atoms with Gasteiger partial charge in [0.15, 0.2) is 0 Å². The van der Waals surface area contributed by atoms with Gasteiger partial charge in [0.2, 0.25) is 0 Å². The Kier molecular flexibility index (Phi) is 65.1. The maximum Gasteiger partial charge on any atom is -0.0383 e. The molecular weight excluding hydrogens is 841 g/mol. The molecule has 0 aliphatic carbocycles. The van der Waals surface area contributed by atoms with Gasteiger partial charge in [-0.2, -0.15) is 0 Å². The molecule has 0 aliphatic heterocycles. The lowest BCUT2D eigenvalue weighted by molar-refractivity contribution is 0.387. The van der Waals surface area contributed by atoms with E-state index >= 15 is 0 Å². The van der Waals surface area contributed by atoms with Crippen molar-refractivity contribution in [1.29, 1.82) is 0 Å². The van der Waals surface area contributed by atoms with E-state index in [0.717, 1.165) is 11.8 Å². The first kappa shape index (κ1) is 70.0. The van der Waals surface area contributed by atoms with Crippen LogP contribution in [0.3, 0.4) is 0 Å². The number of unbranched alkanes of at least 4 members (excludes halogenated alkanes) is 55. The molecule has 2 unspecified atom stereocenters. The van der Waals surface area contributed by atoms with Gasteiger partial charge in [-0.15, -0.1) is 0 Å². The normalized spacial score (nSPS) is 12.7. The van der Waals surface area contributed by atoms with Crippen molar-refractivity contribution in [2.24, 2.45) is 11.8 Å². The Labute approximate surface area is 448 Å². The predicted molar refractivity (Wildman–Crippen MR) is 325 cm³/mol. The van der Waals surface area contributed by atoms with Crippen LogP contribution >= 0.6 is 0 Å². The molecule has 0 spiro atoms. The van der Waals surface area contributed by atoms with Crippen LogP contribution in [0.4, 0.5) is 0 Å². The zero-order chi connectivity index (χ0) is 50.4. The maximum atomic E-state index is 2.75. The van der Waals surface area contributed by atoms with E-state index in [1.54, 1.807) is 0 Å². The third-order valence-corrected chi connectivity index (χ3v) is 17.1. The Hall–Kier alpha value is 0. The van der Waals surface area contributed by atoms with Crippen molar-refractivity contribution < 1.29 is 0 Å². The Morgan fingerprint density at radius 3 is 0.571 bits per heavy atom. The first-order valence-corrected chi connectivity index (χ1v) is 34.6. The fraction of sp³-hybridized carbons (Fsp3) is 0.986. The van der Waals surface area contributed by atoms with E-state index < -0.39 is 0 Å². The van der Waals surface area contributed by atoms with Crippen molar-refractivity contribution in [1.82, 2.24) is 0 Å². The predicted octanol–water partition coefficient (Wildman–Crippen LogP) is 27.1. The summed E-state index contributed by atoms with van der Waals surface area (Å²) < 4.78 is 0. The van der Waals surface area contributed by atoms with Gasteiger partial charge < -0.3 is 0 Å². The first-order chi connectivity index (χ1) is 34.7. The summed E-state index contributed by atoms with van der Waals surface area (Å²) in [4.78, 5) is 0. The third kappa shape index (κ3) is 62.3. The second-order valence-corrected chi connectivity index (χ2v) is 24.5. The second kappa shape index (κ2) is 65.1. The van der Waals surface area contributed by atoms with Crippen LogP contribution in [-0.4, -0.2) is 0 Å². The highest BCUT2D eigenvalue weighted by Gasteiger charge is 2.11. The summed E-state index contributed by atoms with van der Waals surface area (Å²) in [5, 5.41) is 0. The highest BCUT2D eigenvalue weighted by atomic mass is 14.2. The molecule has 0 rings (SSSR count). The van der Waals surface area contributed by atoms with Crippen molar-refractivity contribution in [2.75, 3.05) is 0 Å². The topological polar surface area (TPSA) is 0 Å². The molecule has 70 heavy (non-hydrogen) atoms. The summed E-state index contributed by atoms with van der Waals surface area (Å²) in [5.41, 5.74) is 0. The van der Waals surface area contributed by atoms with E-state index in [4.69, 9.17) is 0 Å². The fourth-order valence-corrected chi connectivity index (χ4v) is 11.9. The van der Waals surface area contributed by atoms with E-state index in [9.17, 15) is 0 Å². The van der Waals surface area contributed by atoms with E-state index in [2.05, 4.69) is 34.1 Å². The molecule has 2 atom stereocenters. The fourth-order valence-electron chi connectivity index (χ4n) is 11.9. The molecule has 0 aromatic carbocycles. The van der Waals surface area contributed by atoms with Crippen molar-refractivity contribution in [3.05, 3.63) is 6.42 Å². The van der Waals surface area contributed by atoms with Gasteiger partial charge in [-0.25, -0.2) is 0 Å². The monoisotopic (exact) mass is 982 g/mol. The standard InChI is InChI=1S/C70H141/c1-5-8-11-14-17-20-23-26-29-32-34-35-37-40-43-46-49-52-55-58-61-67-70(66-60-57-54-51-48-45-42-39-36-33-30-27-24-21-18-15-12-9-6-2)68-63-62-65-69(4)64-59-56-53-50-47-44-41-38-31-28-25-22-19-16-13-10-7-3/h63,69-70H,5-62,64-68H2,1-4H3. The summed E-state index contributed by atoms with van der Waals surface area (Å²) >= 11 is 0. The van der Waals surface area contributed by atoms with Gasteiger partial charge in [0.25, 0.3) is 0 Å². The van der Waals surface area contributed by atoms with E-state index in [1.165, 1.54) is 405 Å². The molecule has 0 saturated carbocycles. The van der Waals surface area contributed by atoms with Gasteiger partial charge in [-0.05, 0) is 31.1 Å². The summed E-state index contributed by atoms with van der Waals surface area (Å²) in [6, 6.07) is 0. The Morgan fingerprint density at radius 1 is 0.200 bits per heavy atom. The van der Waals surface area contributed by atoms with E-state index in [0.29, 0.717) is 0 Å². The Balaban J connectivity index is 4.06. The molecule has 0 fully saturated rings. The lowest BCUT2D eigenvalue weighted by Crippen LogP contribution is -2.03. The highest BCUT2D eigenvalue weighted by molar-refractivity contribution is 4.73. The summed E-state index contributed by atoms with van der Waals surface area (Å²) in [6.07, 6.45) is 95.8. The zero-order valence-electron chi connectivity index (χ0n) is 50.3. The molecule has 0 heteroatoms. The maximum absolute atomic E-state index is 2.75. The number of hydrogen-bond donors (Lipinski definition) is 0. The van der Waals surface area contributed by atoms with Crippen LogP contribution in [0.1, 0.15) is 432 Å². The highest BCUT2D eigenvalue weighted by Crippen LogP contribution is 2.26. The molecule has 0 heterocycles. The molecule has 0 bridgehead atoms. The van der Waals surface area contributed by atoms with E-state index in [-0.39, 0.29) is 0 Å². The van der Waals surface area contributed by atoms with Gasteiger partial charge in [0, 0.05) is 0 Å². The molecule has 0 saturated heterocycles. The lowest BCUT2D eigenvalue weighted by Gasteiger charge is -2.18. The van der Waals surface area contributed by atoms with Crippen LogP contribution in [0.5, 0.6) is 0 Å². The minimum atomic E-state index is 0.917. The van der Waals surface area contributed by atoms with Gasteiger partial charge in [0.05, 0.1) is 0 Å². The van der Waals surface area contributed by atoms with Gasteiger partial charge in [-0.1, -0.05) is 419 Å². The number of hydrogen-bond acceptors (Lipinski definition) is 0. The summed E-state index contributed by atoms with van der Waals surface area (Å²) in [7, 11) is 0. The van der Waals surface area contributed by atoms with Crippen molar-refractivity contribution >= 4 is 0 Å². The third-order valence-electron chi connectivity index (χ3n) is 17.1. The largest absolute Gasteiger partial charge is 0.0654 e. The minimum absolute atomic E-state index is 0.917. The Morgan fingerprint density at radius 2 is 0.371 bits per heavy atom. The SMILES string of the molecule is CCCCCCCCCCCCCCCCCCCCCCCC(C[CH]CCC(C)CCCCCCCCCCCCCCCCCCC)CCCCCCCCCCCCCCCCCCCCC. The quantitative estimate of drug-likeness (QED) is 0.0533. The van der Waals surface area contributed by atoms with Crippen molar-refractivity contribution in [3.63, 3.8) is 0 Å². The Bertz CT molecular complexity index is 858. The molecular formula is C70H141. The van der Waals surface area contributed by atoms with Crippen LogP contribution in [0.25, 0.3) is 0 Å². The average Bonchev–Trinajstić information content (AvgIpc) is 3.37. The lowest BCUT2D eigenvalue weighted by atomic mass is 9.88. The summed E-state index contributed by atoms with van der Waals surface area (Å²) in [6.45, 7) is 9.52. The van der Waals surface area contributed by atoms with Crippen molar-refractivity contribution in [3.8, 4) is 0 Å². The van der Waals surface area contributed by atoms with Gasteiger partial charge >= 0.3 is 0 Å². The first-order valence-electron chi connectivity index (χ1n) is 34.6. The van der Waals surface area contributed by atoms with Gasteiger partial charge in [0.1, 0.15) is 0 Å². The van der Waals surface area contributed by atoms with Crippen LogP contribution in [-0.2, 0) is 0 Å². The molecule has 0 N–H and O–H groups in total. The zero-order valence-corrected chi connectivity index (χ0v) is 50.3. The van der Waals surface area contributed by atoms with Crippen LogP contribution in [0.2, 0.25) is 0 Å². The smallest absolute Gasteiger partial charge is 0.0383 e. The van der Waals surface area contributed by atoms with Crippen LogP contribution in [0, 0.1) is 18.3 Å². The minimum Gasteiger partial charge on any atom is -0.0654 e. The second-order valence-electron chi connectivity index (χ2n) is 24.5. The average molecular weight is 983 g/mol. The molecule has 0 amide bonds. The molecule has 1 radical (unpaired) electrons.